The third-order valence-electron chi connectivity index (χ3n) is 2.70. The first kappa shape index (κ1) is 14.1. The predicted molar refractivity (Wildman–Crippen MR) is 79.7 cm³/mol. The van der Waals surface area contributed by atoms with Crippen LogP contribution in [0.3, 0.4) is 0 Å². The minimum atomic E-state index is -0.260. The van der Waals surface area contributed by atoms with Gasteiger partial charge in [0, 0.05) is 23.5 Å². The van der Waals surface area contributed by atoms with Gasteiger partial charge in [0.2, 0.25) is 0 Å². The number of nitrogens with one attached hydrogen (secondary N) is 1. The quantitative estimate of drug-likeness (QED) is 0.920. The number of aryl methyl sites for hydroxylation is 2. The summed E-state index contributed by atoms with van der Waals surface area (Å²) in [6.07, 6.45) is 1.78. The number of amides is 1. The van der Waals surface area contributed by atoms with E-state index >= 15 is 0 Å². The number of carbonyl (C=O) groups is 1. The highest BCUT2D eigenvalue weighted by Crippen LogP contribution is 2.22. The molecule has 0 fully saturated rings. The fraction of sp³-hybridized carbons (Fsp3) is 0.231. The standard InChI is InChI=1S/C13H13BrClN3O/c1-3-18-7-10(14)12(17-18)13(19)16-11-6-9(15)5-4-8(11)2/h4-7H,3H2,1-2H3,(H,16,19). The number of aromatic nitrogens is 2. The number of hydrogen-bond acceptors (Lipinski definition) is 2. The molecule has 0 aliphatic rings. The maximum Gasteiger partial charge on any atom is 0.277 e. The lowest BCUT2D eigenvalue weighted by molar-refractivity contribution is 0.102. The van der Waals surface area contributed by atoms with Crippen LogP contribution in [0.15, 0.2) is 28.9 Å². The van der Waals surface area contributed by atoms with Crippen LogP contribution >= 0.6 is 27.5 Å². The Morgan fingerprint density at radius 2 is 2.26 bits per heavy atom. The minimum Gasteiger partial charge on any atom is -0.320 e. The topological polar surface area (TPSA) is 46.9 Å². The molecule has 1 amide bonds. The van der Waals surface area contributed by atoms with Crippen molar-refractivity contribution in [3.8, 4) is 0 Å². The molecule has 0 unspecified atom stereocenters. The van der Waals surface area contributed by atoms with Crippen molar-refractivity contribution in [3.63, 3.8) is 0 Å². The highest BCUT2D eigenvalue weighted by atomic mass is 79.9. The van der Waals surface area contributed by atoms with Crippen LogP contribution in [0.2, 0.25) is 5.02 Å². The first-order chi connectivity index (χ1) is 9.01. The van der Waals surface area contributed by atoms with Crippen molar-refractivity contribution >= 4 is 39.1 Å². The highest BCUT2D eigenvalue weighted by molar-refractivity contribution is 9.10. The maximum atomic E-state index is 12.2. The lowest BCUT2D eigenvalue weighted by atomic mass is 10.2. The van der Waals surface area contributed by atoms with Gasteiger partial charge in [0.1, 0.15) is 0 Å². The maximum absolute atomic E-state index is 12.2. The van der Waals surface area contributed by atoms with Crippen LogP contribution in [0.4, 0.5) is 5.69 Å². The van der Waals surface area contributed by atoms with Crippen molar-refractivity contribution in [2.75, 3.05) is 5.32 Å². The van der Waals surface area contributed by atoms with Crippen LogP contribution in [-0.2, 0) is 6.54 Å². The normalized spacial score (nSPS) is 10.5. The summed E-state index contributed by atoms with van der Waals surface area (Å²) >= 11 is 9.26. The van der Waals surface area contributed by atoms with E-state index in [9.17, 15) is 4.79 Å². The summed E-state index contributed by atoms with van der Waals surface area (Å²) in [5, 5.41) is 7.60. The third kappa shape index (κ3) is 3.16. The SMILES string of the molecule is CCn1cc(Br)c(C(=O)Nc2cc(Cl)ccc2C)n1. The summed E-state index contributed by atoms with van der Waals surface area (Å²) in [4.78, 5) is 12.2. The molecular formula is C13H13BrClN3O. The second-order valence-electron chi connectivity index (χ2n) is 4.09. The molecule has 1 aromatic carbocycles. The van der Waals surface area contributed by atoms with Gasteiger partial charge in [-0.2, -0.15) is 5.10 Å². The Hall–Kier alpha value is -1.33. The van der Waals surface area contributed by atoms with Gasteiger partial charge in [0.25, 0.3) is 5.91 Å². The molecule has 2 rings (SSSR count). The van der Waals surface area contributed by atoms with Crippen molar-refractivity contribution < 1.29 is 4.79 Å². The number of nitrogens with zero attached hydrogens (tertiary/aromatic N) is 2. The first-order valence-electron chi connectivity index (χ1n) is 5.81. The monoisotopic (exact) mass is 341 g/mol. The fourth-order valence-electron chi connectivity index (χ4n) is 1.62. The summed E-state index contributed by atoms with van der Waals surface area (Å²) in [6.45, 7) is 4.58. The Morgan fingerprint density at radius 3 is 2.89 bits per heavy atom. The van der Waals surface area contributed by atoms with Gasteiger partial charge < -0.3 is 5.32 Å². The number of rotatable bonds is 3. The van der Waals surface area contributed by atoms with E-state index in [1.165, 1.54) is 0 Å². The van der Waals surface area contributed by atoms with Crippen LogP contribution in [0, 0.1) is 6.92 Å². The van der Waals surface area contributed by atoms with Crippen molar-refractivity contribution in [1.29, 1.82) is 0 Å². The van der Waals surface area contributed by atoms with Gasteiger partial charge >= 0.3 is 0 Å². The van der Waals surface area contributed by atoms with Crippen LogP contribution in [0.25, 0.3) is 0 Å². The first-order valence-corrected chi connectivity index (χ1v) is 6.98. The summed E-state index contributed by atoms with van der Waals surface area (Å²) in [6, 6.07) is 5.37. The molecule has 100 valence electrons. The third-order valence-corrected chi connectivity index (χ3v) is 3.52. The van der Waals surface area contributed by atoms with Crippen LogP contribution in [-0.4, -0.2) is 15.7 Å². The molecule has 6 heteroatoms. The molecule has 1 heterocycles. The average Bonchev–Trinajstić information content (AvgIpc) is 2.75. The van der Waals surface area contributed by atoms with E-state index in [0.717, 1.165) is 5.56 Å². The van der Waals surface area contributed by atoms with Crippen molar-refractivity contribution in [2.45, 2.75) is 20.4 Å². The Balaban J connectivity index is 2.25. The molecule has 0 bridgehead atoms. The van der Waals surface area contributed by atoms with Crippen molar-refractivity contribution in [1.82, 2.24) is 9.78 Å². The zero-order valence-corrected chi connectivity index (χ0v) is 12.9. The number of halogens is 2. The zero-order chi connectivity index (χ0) is 14.0. The molecule has 0 saturated heterocycles. The molecule has 0 aliphatic heterocycles. The van der Waals surface area contributed by atoms with Gasteiger partial charge in [-0.3, -0.25) is 9.48 Å². The van der Waals surface area contributed by atoms with E-state index in [-0.39, 0.29) is 5.91 Å². The molecule has 0 aliphatic carbocycles. The van der Waals surface area contributed by atoms with Crippen molar-refractivity contribution in [3.05, 3.63) is 45.1 Å². The summed E-state index contributed by atoms with van der Waals surface area (Å²) in [7, 11) is 0. The molecule has 4 nitrogen and oxygen atoms in total. The molecule has 2 aromatic rings. The van der Waals surface area contributed by atoms with Gasteiger partial charge in [-0.25, -0.2) is 0 Å². The van der Waals surface area contributed by atoms with E-state index < -0.39 is 0 Å². The second kappa shape index (κ2) is 5.75. The fourth-order valence-corrected chi connectivity index (χ4v) is 2.29. The molecule has 0 radical (unpaired) electrons. The largest absolute Gasteiger partial charge is 0.320 e. The van der Waals surface area contributed by atoms with E-state index in [1.807, 2.05) is 19.9 Å². The van der Waals surface area contributed by atoms with E-state index in [0.29, 0.717) is 27.4 Å². The van der Waals surface area contributed by atoms with Gasteiger partial charge in [-0.15, -0.1) is 0 Å². The van der Waals surface area contributed by atoms with E-state index in [2.05, 4.69) is 26.3 Å². The van der Waals surface area contributed by atoms with E-state index in [1.54, 1.807) is 23.0 Å². The average molecular weight is 343 g/mol. The predicted octanol–water partition coefficient (Wildman–Crippen LogP) is 3.88. The number of hydrogen-bond donors (Lipinski definition) is 1. The van der Waals surface area contributed by atoms with Gasteiger partial charge in [0.05, 0.1) is 4.47 Å². The second-order valence-corrected chi connectivity index (χ2v) is 5.39. The van der Waals surface area contributed by atoms with Crippen molar-refractivity contribution in [2.24, 2.45) is 0 Å². The lowest BCUT2D eigenvalue weighted by Gasteiger charge is -2.07. The summed E-state index contributed by atoms with van der Waals surface area (Å²) < 4.78 is 2.37. The Bertz CT molecular complexity index is 624. The van der Waals surface area contributed by atoms with Crippen LogP contribution in [0.1, 0.15) is 23.0 Å². The van der Waals surface area contributed by atoms with Gasteiger partial charge in [-0.1, -0.05) is 17.7 Å². The number of carbonyl (C=O) groups excluding carboxylic acids is 1. The van der Waals surface area contributed by atoms with Crippen LogP contribution in [0.5, 0.6) is 0 Å². The Morgan fingerprint density at radius 1 is 1.53 bits per heavy atom. The van der Waals surface area contributed by atoms with Gasteiger partial charge in [-0.05, 0) is 47.5 Å². The number of anilines is 1. The highest BCUT2D eigenvalue weighted by Gasteiger charge is 2.15. The molecular weight excluding hydrogens is 330 g/mol. The minimum absolute atomic E-state index is 0.260. The lowest BCUT2D eigenvalue weighted by Crippen LogP contribution is -2.14. The molecule has 19 heavy (non-hydrogen) atoms. The summed E-state index contributed by atoms with van der Waals surface area (Å²) in [5.74, 6) is -0.260. The van der Waals surface area contributed by atoms with E-state index in [4.69, 9.17) is 11.6 Å². The molecule has 0 saturated carbocycles. The Kier molecular flexibility index (Phi) is 4.27. The van der Waals surface area contributed by atoms with Gasteiger partial charge in [0.15, 0.2) is 5.69 Å². The summed E-state index contributed by atoms with van der Waals surface area (Å²) in [5.41, 5.74) is 2.00. The number of benzene rings is 1. The molecule has 0 atom stereocenters. The van der Waals surface area contributed by atoms with Crippen LogP contribution < -0.4 is 5.32 Å². The zero-order valence-electron chi connectivity index (χ0n) is 10.6. The Labute approximate surface area is 124 Å². The molecule has 1 N–H and O–H groups in total. The molecule has 1 aromatic heterocycles. The molecule has 0 spiro atoms. The smallest absolute Gasteiger partial charge is 0.277 e.